The number of hydrogen-bond acceptors (Lipinski definition) is 5. The smallest absolute Gasteiger partial charge is 0.319 e. The molecule has 0 unspecified atom stereocenters. The van der Waals surface area contributed by atoms with Gasteiger partial charge in [0.05, 0.1) is 34.2 Å². The Morgan fingerprint density at radius 1 is 1.07 bits per heavy atom. The Balaban J connectivity index is 1.73. The molecule has 2 aromatic carbocycles. The Bertz CT molecular complexity index is 1160. The van der Waals surface area contributed by atoms with E-state index in [2.05, 4.69) is 25.4 Å². The molecule has 4 aromatic rings. The van der Waals surface area contributed by atoms with Gasteiger partial charge in [0, 0.05) is 0 Å². The van der Waals surface area contributed by atoms with E-state index in [1.807, 2.05) is 0 Å². The summed E-state index contributed by atoms with van der Waals surface area (Å²) in [5.41, 5.74) is 0.307. The van der Waals surface area contributed by atoms with E-state index in [9.17, 15) is 18.0 Å². The van der Waals surface area contributed by atoms with E-state index < -0.39 is 17.6 Å². The number of carbonyl (C=O) groups is 1. The Labute approximate surface area is 155 Å². The Morgan fingerprint density at radius 2 is 1.86 bits per heavy atom. The molecule has 28 heavy (non-hydrogen) atoms. The van der Waals surface area contributed by atoms with Crippen LogP contribution in [-0.2, 0) is 6.18 Å². The highest BCUT2D eigenvalue weighted by Crippen LogP contribution is 2.33. The molecule has 4 rings (SSSR count). The largest absolute Gasteiger partial charge is 0.416 e. The third-order valence-corrected chi connectivity index (χ3v) is 3.92. The fraction of sp³-hybridized carbons (Fsp3) is 0.0556. The molecule has 2 heterocycles. The minimum absolute atomic E-state index is 0.0272. The lowest BCUT2D eigenvalue weighted by Gasteiger charge is -2.14. The van der Waals surface area contributed by atoms with Crippen LogP contribution < -0.4 is 5.32 Å². The Morgan fingerprint density at radius 3 is 2.57 bits per heavy atom. The lowest BCUT2D eigenvalue weighted by Crippen LogP contribution is -2.17. The highest BCUT2D eigenvalue weighted by molar-refractivity contribution is 6.04. The van der Waals surface area contributed by atoms with Gasteiger partial charge in [-0.2, -0.15) is 18.3 Å². The maximum atomic E-state index is 13.1. The second-order valence-electron chi connectivity index (χ2n) is 5.77. The number of anilines is 1. The standard InChI is InChI=1S/C18H11F3N6O/c19-18(20,21)11-5-6-16(27-10-22-9-24-27)14(7-11)26-17(28)15-8-23-12-3-1-2-4-13(12)25-15/h1-10H,(H,26,28). The molecular formula is C18H11F3N6O. The van der Waals surface area contributed by atoms with E-state index in [4.69, 9.17) is 0 Å². The molecule has 7 nitrogen and oxygen atoms in total. The van der Waals surface area contributed by atoms with Crippen molar-refractivity contribution < 1.29 is 18.0 Å². The second kappa shape index (κ2) is 6.72. The van der Waals surface area contributed by atoms with Crippen LogP contribution >= 0.6 is 0 Å². The molecule has 0 atom stereocenters. The Kier molecular flexibility index (Phi) is 4.22. The summed E-state index contributed by atoms with van der Waals surface area (Å²) in [7, 11) is 0. The molecule has 0 aliphatic carbocycles. The zero-order valence-corrected chi connectivity index (χ0v) is 14.1. The van der Waals surface area contributed by atoms with Crippen LogP contribution in [0, 0.1) is 0 Å². The average Bonchev–Trinajstić information content (AvgIpc) is 3.21. The summed E-state index contributed by atoms with van der Waals surface area (Å²) in [6.07, 6.45) is -0.754. The van der Waals surface area contributed by atoms with Gasteiger partial charge in [0.25, 0.3) is 5.91 Å². The van der Waals surface area contributed by atoms with Crippen molar-refractivity contribution >= 4 is 22.6 Å². The lowest BCUT2D eigenvalue weighted by molar-refractivity contribution is -0.137. The van der Waals surface area contributed by atoms with Gasteiger partial charge in [0.2, 0.25) is 0 Å². The van der Waals surface area contributed by atoms with Crippen molar-refractivity contribution in [2.45, 2.75) is 6.18 Å². The second-order valence-corrected chi connectivity index (χ2v) is 5.77. The molecule has 1 amide bonds. The molecule has 0 aliphatic heterocycles. The van der Waals surface area contributed by atoms with Crippen molar-refractivity contribution in [2.24, 2.45) is 0 Å². The molecule has 10 heteroatoms. The summed E-state index contributed by atoms with van der Waals surface area (Å²) >= 11 is 0. The summed E-state index contributed by atoms with van der Waals surface area (Å²) in [6, 6.07) is 9.90. The van der Waals surface area contributed by atoms with Crippen LogP contribution in [0.25, 0.3) is 16.7 Å². The van der Waals surface area contributed by atoms with Gasteiger partial charge in [-0.3, -0.25) is 9.78 Å². The molecule has 0 saturated carbocycles. The van der Waals surface area contributed by atoms with Gasteiger partial charge in [0.1, 0.15) is 18.3 Å². The average molecular weight is 384 g/mol. The number of rotatable bonds is 3. The van der Waals surface area contributed by atoms with Gasteiger partial charge in [-0.05, 0) is 30.3 Å². The van der Waals surface area contributed by atoms with Crippen molar-refractivity contribution in [1.29, 1.82) is 0 Å². The molecular weight excluding hydrogens is 373 g/mol. The summed E-state index contributed by atoms with van der Waals surface area (Å²) in [4.78, 5) is 24.7. The molecule has 0 fully saturated rings. The monoisotopic (exact) mass is 384 g/mol. The van der Waals surface area contributed by atoms with Gasteiger partial charge in [-0.15, -0.1) is 0 Å². The number of benzene rings is 2. The number of para-hydroxylation sites is 2. The van der Waals surface area contributed by atoms with E-state index in [1.165, 1.54) is 29.6 Å². The van der Waals surface area contributed by atoms with E-state index in [0.717, 1.165) is 12.1 Å². The van der Waals surface area contributed by atoms with Crippen molar-refractivity contribution in [1.82, 2.24) is 24.7 Å². The molecule has 0 spiro atoms. The summed E-state index contributed by atoms with van der Waals surface area (Å²) in [6.45, 7) is 0. The van der Waals surface area contributed by atoms with Gasteiger partial charge < -0.3 is 5.32 Å². The van der Waals surface area contributed by atoms with E-state index in [1.54, 1.807) is 24.3 Å². The first-order chi connectivity index (χ1) is 13.4. The zero-order chi connectivity index (χ0) is 19.7. The number of hydrogen-bond donors (Lipinski definition) is 1. The number of halogens is 3. The van der Waals surface area contributed by atoms with Crippen LogP contribution in [0.1, 0.15) is 16.1 Å². The van der Waals surface area contributed by atoms with E-state index >= 15 is 0 Å². The summed E-state index contributed by atoms with van der Waals surface area (Å²) in [5.74, 6) is -0.695. The van der Waals surface area contributed by atoms with Crippen LogP contribution in [0.2, 0.25) is 0 Å². The number of fused-ring (bicyclic) bond motifs is 1. The lowest BCUT2D eigenvalue weighted by atomic mass is 10.1. The van der Waals surface area contributed by atoms with Gasteiger partial charge in [0.15, 0.2) is 0 Å². The number of carbonyl (C=O) groups excluding carboxylic acids is 1. The first-order valence-corrected chi connectivity index (χ1v) is 8.01. The SMILES string of the molecule is O=C(Nc1cc(C(F)(F)F)ccc1-n1cncn1)c1cnc2ccccc2n1. The van der Waals surface area contributed by atoms with E-state index in [0.29, 0.717) is 11.0 Å². The third-order valence-electron chi connectivity index (χ3n) is 3.92. The summed E-state index contributed by atoms with van der Waals surface area (Å²) in [5, 5.41) is 6.37. The number of alkyl halides is 3. The predicted octanol–water partition coefficient (Wildman–Crippen LogP) is 3.48. The van der Waals surface area contributed by atoms with Crippen molar-refractivity contribution in [3.05, 3.63) is 72.6 Å². The fourth-order valence-electron chi connectivity index (χ4n) is 2.60. The highest BCUT2D eigenvalue weighted by Gasteiger charge is 2.31. The minimum Gasteiger partial charge on any atom is -0.319 e. The van der Waals surface area contributed by atoms with Crippen molar-refractivity contribution in [3.63, 3.8) is 0 Å². The maximum absolute atomic E-state index is 13.1. The topological polar surface area (TPSA) is 85.6 Å². The quantitative estimate of drug-likeness (QED) is 0.585. The van der Waals surface area contributed by atoms with Crippen LogP contribution in [0.3, 0.4) is 0 Å². The van der Waals surface area contributed by atoms with Crippen LogP contribution in [-0.4, -0.2) is 30.6 Å². The van der Waals surface area contributed by atoms with Crippen LogP contribution in [0.4, 0.5) is 18.9 Å². The van der Waals surface area contributed by atoms with Gasteiger partial charge >= 0.3 is 6.18 Å². The molecule has 0 saturated heterocycles. The number of nitrogens with one attached hydrogen (secondary N) is 1. The van der Waals surface area contributed by atoms with Gasteiger partial charge in [-0.25, -0.2) is 14.6 Å². The Hall–Kier alpha value is -3.82. The van der Waals surface area contributed by atoms with E-state index in [-0.39, 0.29) is 17.1 Å². The first kappa shape index (κ1) is 17.6. The molecule has 0 radical (unpaired) electrons. The molecule has 0 bridgehead atoms. The van der Waals surface area contributed by atoms with Gasteiger partial charge in [-0.1, -0.05) is 12.1 Å². The predicted molar refractivity (Wildman–Crippen MR) is 93.9 cm³/mol. The van der Waals surface area contributed by atoms with Crippen LogP contribution in [0.5, 0.6) is 0 Å². The van der Waals surface area contributed by atoms with Crippen molar-refractivity contribution in [3.8, 4) is 5.69 Å². The zero-order valence-electron chi connectivity index (χ0n) is 14.1. The number of amides is 1. The van der Waals surface area contributed by atoms with Crippen molar-refractivity contribution in [2.75, 3.05) is 5.32 Å². The fourth-order valence-corrected chi connectivity index (χ4v) is 2.60. The third kappa shape index (κ3) is 3.39. The summed E-state index contributed by atoms with van der Waals surface area (Å²) < 4.78 is 40.6. The molecule has 140 valence electrons. The number of nitrogens with zero attached hydrogens (tertiary/aromatic N) is 5. The molecule has 2 aromatic heterocycles. The minimum atomic E-state index is -4.57. The maximum Gasteiger partial charge on any atom is 0.416 e. The molecule has 0 aliphatic rings. The van der Waals surface area contributed by atoms with Crippen LogP contribution in [0.15, 0.2) is 61.3 Å². The molecule has 1 N–H and O–H groups in total. The number of aromatic nitrogens is 5. The first-order valence-electron chi connectivity index (χ1n) is 8.01. The normalized spacial score (nSPS) is 11.5. The highest BCUT2D eigenvalue weighted by atomic mass is 19.4.